The second-order valence-electron chi connectivity index (χ2n) is 7.14. The predicted molar refractivity (Wildman–Crippen MR) is 110 cm³/mol. The number of benzene rings is 2. The van der Waals surface area contributed by atoms with Gasteiger partial charge in [-0.3, -0.25) is 4.90 Å². The Kier molecular flexibility index (Phi) is 6.35. The molecular formula is C22H29N3O2. The highest BCUT2D eigenvalue weighted by atomic mass is 16.5. The number of carbonyl (C=O) groups is 1. The quantitative estimate of drug-likeness (QED) is 0.876. The largest absolute Gasteiger partial charge is 0.496 e. The van der Waals surface area contributed by atoms with Crippen LogP contribution in [0.1, 0.15) is 16.7 Å². The number of hydrogen-bond donors (Lipinski definition) is 1. The summed E-state index contributed by atoms with van der Waals surface area (Å²) in [5.74, 6) is 0.948. The molecule has 1 saturated heterocycles. The van der Waals surface area contributed by atoms with Crippen molar-refractivity contribution in [3.05, 3.63) is 59.2 Å². The van der Waals surface area contributed by atoms with Crippen molar-refractivity contribution in [2.75, 3.05) is 45.2 Å². The molecule has 0 unspecified atom stereocenters. The van der Waals surface area contributed by atoms with Crippen LogP contribution in [0.15, 0.2) is 42.5 Å². The fourth-order valence-corrected chi connectivity index (χ4v) is 3.43. The SMILES string of the molecule is COc1ccccc1CCN1CCN(C(=O)Nc2cc(C)ccc2C)CC1. The normalized spacial score (nSPS) is 14.9. The number of rotatable bonds is 5. The molecule has 0 saturated carbocycles. The molecule has 1 N–H and O–H groups in total. The van der Waals surface area contributed by atoms with E-state index in [1.165, 1.54) is 5.56 Å². The zero-order valence-corrected chi connectivity index (χ0v) is 16.5. The van der Waals surface area contributed by atoms with E-state index in [9.17, 15) is 4.79 Å². The molecule has 144 valence electrons. The van der Waals surface area contributed by atoms with E-state index >= 15 is 0 Å². The van der Waals surface area contributed by atoms with Crippen molar-refractivity contribution in [3.8, 4) is 5.75 Å². The molecule has 5 heteroatoms. The molecule has 0 aromatic heterocycles. The molecule has 3 rings (SSSR count). The van der Waals surface area contributed by atoms with Gasteiger partial charge in [0.25, 0.3) is 0 Å². The third-order valence-electron chi connectivity index (χ3n) is 5.18. The lowest BCUT2D eigenvalue weighted by Gasteiger charge is -2.34. The Morgan fingerprint density at radius 2 is 1.81 bits per heavy atom. The molecule has 2 aromatic carbocycles. The van der Waals surface area contributed by atoms with Gasteiger partial charge in [0.2, 0.25) is 0 Å². The number of amides is 2. The summed E-state index contributed by atoms with van der Waals surface area (Å²) in [4.78, 5) is 16.9. The first-order valence-corrected chi connectivity index (χ1v) is 9.54. The number of carbonyl (C=O) groups excluding carboxylic acids is 1. The van der Waals surface area contributed by atoms with Gasteiger partial charge in [-0.2, -0.15) is 0 Å². The topological polar surface area (TPSA) is 44.8 Å². The van der Waals surface area contributed by atoms with E-state index in [1.807, 2.05) is 49.1 Å². The van der Waals surface area contributed by atoms with Crippen LogP contribution in [0.4, 0.5) is 10.5 Å². The number of para-hydroxylation sites is 1. The van der Waals surface area contributed by atoms with Crippen molar-refractivity contribution >= 4 is 11.7 Å². The fourth-order valence-electron chi connectivity index (χ4n) is 3.43. The zero-order valence-electron chi connectivity index (χ0n) is 16.5. The molecule has 27 heavy (non-hydrogen) atoms. The first-order chi connectivity index (χ1) is 13.1. The molecule has 0 atom stereocenters. The Morgan fingerprint density at radius 1 is 1.07 bits per heavy atom. The second kappa shape index (κ2) is 8.91. The van der Waals surface area contributed by atoms with Gasteiger partial charge in [-0.15, -0.1) is 0 Å². The van der Waals surface area contributed by atoms with Crippen molar-refractivity contribution in [1.29, 1.82) is 0 Å². The van der Waals surface area contributed by atoms with E-state index in [0.717, 1.165) is 61.7 Å². The number of aryl methyl sites for hydroxylation is 2. The third-order valence-corrected chi connectivity index (χ3v) is 5.18. The lowest BCUT2D eigenvalue weighted by atomic mass is 10.1. The average Bonchev–Trinajstić information content (AvgIpc) is 2.69. The molecule has 0 radical (unpaired) electrons. The minimum atomic E-state index is -0.00641. The van der Waals surface area contributed by atoms with E-state index in [1.54, 1.807) is 7.11 Å². The Labute approximate surface area is 161 Å². The van der Waals surface area contributed by atoms with Gasteiger partial charge < -0.3 is 15.0 Å². The van der Waals surface area contributed by atoms with E-state index in [0.29, 0.717) is 0 Å². The number of nitrogens with one attached hydrogen (secondary N) is 1. The summed E-state index contributed by atoms with van der Waals surface area (Å²) in [6, 6.07) is 14.3. The van der Waals surface area contributed by atoms with Gasteiger partial charge in [-0.05, 0) is 49.1 Å². The van der Waals surface area contributed by atoms with Gasteiger partial charge in [-0.1, -0.05) is 30.3 Å². The summed E-state index contributed by atoms with van der Waals surface area (Å²) in [7, 11) is 1.71. The first kappa shape index (κ1) is 19.2. The van der Waals surface area contributed by atoms with Gasteiger partial charge in [0.05, 0.1) is 7.11 Å². The number of hydrogen-bond acceptors (Lipinski definition) is 3. The van der Waals surface area contributed by atoms with Crippen LogP contribution in [0.25, 0.3) is 0 Å². The van der Waals surface area contributed by atoms with Crippen molar-refractivity contribution < 1.29 is 9.53 Å². The maximum atomic E-state index is 12.6. The molecule has 2 aromatic rings. The maximum Gasteiger partial charge on any atom is 0.321 e. The summed E-state index contributed by atoms with van der Waals surface area (Å²) >= 11 is 0. The van der Waals surface area contributed by atoms with Gasteiger partial charge in [-0.25, -0.2) is 4.79 Å². The molecule has 1 fully saturated rings. The smallest absolute Gasteiger partial charge is 0.321 e. The lowest BCUT2D eigenvalue weighted by Crippen LogP contribution is -2.50. The minimum Gasteiger partial charge on any atom is -0.496 e. The number of anilines is 1. The fraction of sp³-hybridized carbons (Fsp3) is 0.409. The van der Waals surface area contributed by atoms with Crippen LogP contribution in [0.2, 0.25) is 0 Å². The highest BCUT2D eigenvalue weighted by Gasteiger charge is 2.21. The molecule has 0 bridgehead atoms. The Morgan fingerprint density at radius 3 is 2.56 bits per heavy atom. The van der Waals surface area contributed by atoms with E-state index in [-0.39, 0.29) is 6.03 Å². The summed E-state index contributed by atoms with van der Waals surface area (Å²) in [6.45, 7) is 8.34. The molecule has 0 spiro atoms. The third kappa shape index (κ3) is 5.01. The van der Waals surface area contributed by atoms with Gasteiger partial charge in [0.1, 0.15) is 5.75 Å². The van der Waals surface area contributed by atoms with Crippen molar-refractivity contribution in [3.63, 3.8) is 0 Å². The van der Waals surface area contributed by atoms with Crippen molar-refractivity contribution in [2.24, 2.45) is 0 Å². The molecule has 1 aliphatic rings. The van der Waals surface area contributed by atoms with E-state index < -0.39 is 0 Å². The number of methoxy groups -OCH3 is 1. The van der Waals surface area contributed by atoms with Crippen LogP contribution in [-0.4, -0.2) is 55.7 Å². The standard InChI is InChI=1S/C22H29N3O2/c1-17-8-9-18(2)20(16-17)23-22(26)25-14-12-24(13-15-25)11-10-19-6-4-5-7-21(19)27-3/h4-9,16H,10-15H2,1-3H3,(H,23,26). The lowest BCUT2D eigenvalue weighted by molar-refractivity contribution is 0.148. The van der Waals surface area contributed by atoms with Crippen molar-refractivity contribution in [1.82, 2.24) is 9.80 Å². The number of nitrogens with zero attached hydrogens (tertiary/aromatic N) is 2. The minimum absolute atomic E-state index is 0.00641. The maximum absolute atomic E-state index is 12.6. The molecule has 5 nitrogen and oxygen atoms in total. The highest BCUT2D eigenvalue weighted by Crippen LogP contribution is 2.19. The van der Waals surface area contributed by atoms with Crippen molar-refractivity contribution in [2.45, 2.75) is 20.3 Å². The molecule has 1 aliphatic heterocycles. The number of urea groups is 1. The average molecular weight is 367 g/mol. The van der Waals surface area contributed by atoms with E-state index in [2.05, 4.69) is 22.3 Å². The summed E-state index contributed by atoms with van der Waals surface area (Å²) in [6.07, 6.45) is 0.957. The first-order valence-electron chi connectivity index (χ1n) is 9.54. The molecule has 2 amide bonds. The van der Waals surface area contributed by atoms with E-state index in [4.69, 9.17) is 4.74 Å². The van der Waals surface area contributed by atoms with Crippen LogP contribution in [0.5, 0.6) is 5.75 Å². The van der Waals surface area contributed by atoms with Gasteiger partial charge >= 0.3 is 6.03 Å². The van der Waals surface area contributed by atoms with Crippen LogP contribution >= 0.6 is 0 Å². The van der Waals surface area contributed by atoms with Crippen LogP contribution in [0.3, 0.4) is 0 Å². The summed E-state index contributed by atoms with van der Waals surface area (Å²) < 4.78 is 5.43. The van der Waals surface area contributed by atoms with Gasteiger partial charge in [0, 0.05) is 38.4 Å². The van der Waals surface area contributed by atoms with Gasteiger partial charge in [0.15, 0.2) is 0 Å². The number of piperazine rings is 1. The number of ether oxygens (including phenoxy) is 1. The summed E-state index contributed by atoms with van der Waals surface area (Å²) in [5.41, 5.74) is 4.37. The summed E-state index contributed by atoms with van der Waals surface area (Å²) in [5, 5.41) is 3.06. The Hall–Kier alpha value is -2.53. The Bertz CT molecular complexity index is 783. The van der Waals surface area contributed by atoms with Crippen LogP contribution < -0.4 is 10.1 Å². The molecular weight excluding hydrogens is 338 g/mol. The van der Waals surface area contributed by atoms with Crippen LogP contribution in [0, 0.1) is 13.8 Å². The highest BCUT2D eigenvalue weighted by molar-refractivity contribution is 5.90. The molecule has 0 aliphatic carbocycles. The monoisotopic (exact) mass is 367 g/mol. The Balaban J connectivity index is 1.48. The molecule has 1 heterocycles. The zero-order chi connectivity index (χ0) is 19.2. The second-order valence-corrected chi connectivity index (χ2v) is 7.14. The van der Waals surface area contributed by atoms with Crippen LogP contribution in [-0.2, 0) is 6.42 Å². The predicted octanol–water partition coefficient (Wildman–Crippen LogP) is 3.70.